The summed E-state index contributed by atoms with van der Waals surface area (Å²) in [5, 5.41) is 5.37. The standard InChI is InChI=1S/C21H20N2O2/c1-11-18(13(3)24)12(2)22-20(11)21(25)23-17-10-9-15-8-7-14-5-4-6-16(17)19(14)15/h4-6,9-10,22H,7-8H2,1-3H3,(H,23,25). The quantitative estimate of drug-likeness (QED) is 0.701. The molecule has 0 saturated heterocycles. The number of ketones is 1. The first-order valence-corrected chi connectivity index (χ1v) is 8.52. The van der Waals surface area contributed by atoms with E-state index in [9.17, 15) is 9.59 Å². The van der Waals surface area contributed by atoms with E-state index in [-0.39, 0.29) is 11.7 Å². The third-order valence-corrected chi connectivity index (χ3v) is 5.14. The largest absolute Gasteiger partial charge is 0.354 e. The van der Waals surface area contributed by atoms with Crippen molar-refractivity contribution < 1.29 is 9.59 Å². The average molecular weight is 332 g/mol. The lowest BCUT2D eigenvalue weighted by atomic mass is 10.0. The summed E-state index contributed by atoms with van der Waals surface area (Å²) in [6.07, 6.45) is 2.11. The van der Waals surface area contributed by atoms with Crippen LogP contribution in [0, 0.1) is 13.8 Å². The molecule has 0 unspecified atom stereocenters. The lowest BCUT2D eigenvalue weighted by Gasteiger charge is -2.10. The summed E-state index contributed by atoms with van der Waals surface area (Å²) in [7, 11) is 0. The Hall–Kier alpha value is -2.88. The third-order valence-electron chi connectivity index (χ3n) is 5.14. The van der Waals surface area contributed by atoms with Gasteiger partial charge in [-0.2, -0.15) is 0 Å². The number of anilines is 1. The van der Waals surface area contributed by atoms with E-state index in [0.717, 1.165) is 29.6 Å². The molecule has 4 heteroatoms. The van der Waals surface area contributed by atoms with Gasteiger partial charge >= 0.3 is 0 Å². The van der Waals surface area contributed by atoms with Crippen LogP contribution in [0.25, 0.3) is 10.8 Å². The maximum atomic E-state index is 12.8. The molecule has 0 bridgehead atoms. The summed E-state index contributed by atoms with van der Waals surface area (Å²) in [5.41, 5.74) is 5.98. The molecule has 1 heterocycles. The van der Waals surface area contributed by atoms with E-state index in [2.05, 4.69) is 28.5 Å². The van der Waals surface area contributed by atoms with Crippen molar-refractivity contribution in [1.29, 1.82) is 0 Å². The molecule has 1 amide bonds. The number of hydrogen-bond acceptors (Lipinski definition) is 2. The second kappa shape index (κ2) is 5.59. The molecule has 1 aromatic heterocycles. The number of benzene rings is 2. The zero-order valence-electron chi connectivity index (χ0n) is 14.6. The molecule has 4 nitrogen and oxygen atoms in total. The van der Waals surface area contributed by atoms with E-state index in [4.69, 9.17) is 0 Å². The minimum absolute atomic E-state index is 0.0318. The number of carbonyl (C=O) groups is 2. The van der Waals surface area contributed by atoms with Gasteiger partial charge in [0.25, 0.3) is 5.91 Å². The van der Waals surface area contributed by atoms with Crippen molar-refractivity contribution in [1.82, 2.24) is 4.98 Å². The van der Waals surface area contributed by atoms with Gasteiger partial charge in [0.15, 0.2) is 5.78 Å². The number of aryl methyl sites for hydroxylation is 3. The van der Waals surface area contributed by atoms with Gasteiger partial charge < -0.3 is 10.3 Å². The van der Waals surface area contributed by atoms with Gasteiger partial charge in [0.05, 0.1) is 0 Å². The van der Waals surface area contributed by atoms with Crippen molar-refractivity contribution in [2.45, 2.75) is 33.6 Å². The van der Waals surface area contributed by atoms with Crippen molar-refractivity contribution in [2.24, 2.45) is 0 Å². The summed E-state index contributed by atoms with van der Waals surface area (Å²) in [5.74, 6) is -0.248. The Morgan fingerprint density at radius 1 is 1.04 bits per heavy atom. The van der Waals surface area contributed by atoms with E-state index in [1.165, 1.54) is 23.4 Å². The maximum absolute atomic E-state index is 12.8. The van der Waals surface area contributed by atoms with Crippen LogP contribution in [0.3, 0.4) is 0 Å². The van der Waals surface area contributed by atoms with E-state index in [1.54, 1.807) is 0 Å². The summed E-state index contributed by atoms with van der Waals surface area (Å²) >= 11 is 0. The predicted octanol–water partition coefficient (Wildman–Crippen LogP) is 4.34. The number of Topliss-reactive ketones (excluding diaryl/α,β-unsaturated/α-hetero) is 1. The van der Waals surface area contributed by atoms with Crippen LogP contribution < -0.4 is 5.32 Å². The number of aromatic nitrogens is 1. The smallest absolute Gasteiger partial charge is 0.272 e. The number of carbonyl (C=O) groups excluding carboxylic acids is 2. The van der Waals surface area contributed by atoms with Crippen molar-refractivity contribution >= 4 is 28.2 Å². The molecule has 0 spiro atoms. The van der Waals surface area contributed by atoms with Gasteiger partial charge in [-0.05, 0) is 61.8 Å². The number of rotatable bonds is 3. The van der Waals surface area contributed by atoms with Crippen molar-refractivity contribution in [3.05, 3.63) is 64.0 Å². The molecular weight excluding hydrogens is 312 g/mol. The van der Waals surface area contributed by atoms with Crippen LogP contribution >= 0.6 is 0 Å². The summed E-state index contributed by atoms with van der Waals surface area (Å²) in [4.78, 5) is 27.6. The highest BCUT2D eigenvalue weighted by Crippen LogP contribution is 2.35. The van der Waals surface area contributed by atoms with Gasteiger partial charge in [0.1, 0.15) is 5.69 Å². The van der Waals surface area contributed by atoms with Crippen LogP contribution in [-0.2, 0) is 12.8 Å². The number of aromatic amines is 1. The normalized spacial score (nSPS) is 12.6. The number of amides is 1. The second-order valence-corrected chi connectivity index (χ2v) is 6.75. The highest BCUT2D eigenvalue weighted by Gasteiger charge is 2.21. The van der Waals surface area contributed by atoms with E-state index in [0.29, 0.717) is 16.8 Å². The van der Waals surface area contributed by atoms with Gasteiger partial charge in [-0.25, -0.2) is 0 Å². The first kappa shape index (κ1) is 15.6. The monoisotopic (exact) mass is 332 g/mol. The molecule has 0 atom stereocenters. The van der Waals surface area contributed by atoms with Gasteiger partial charge in [-0.1, -0.05) is 24.3 Å². The molecule has 0 aliphatic heterocycles. The van der Waals surface area contributed by atoms with Crippen LogP contribution in [0.1, 0.15) is 50.2 Å². The lowest BCUT2D eigenvalue weighted by Crippen LogP contribution is -2.14. The Bertz CT molecular complexity index is 1030. The Balaban J connectivity index is 1.75. The second-order valence-electron chi connectivity index (χ2n) is 6.75. The molecule has 0 saturated carbocycles. The first-order chi connectivity index (χ1) is 12.0. The Labute approximate surface area is 146 Å². The molecule has 2 aromatic carbocycles. The minimum Gasteiger partial charge on any atom is -0.354 e. The fourth-order valence-corrected chi connectivity index (χ4v) is 4.05. The molecule has 0 fully saturated rings. The number of H-pyrrole nitrogens is 1. The predicted molar refractivity (Wildman–Crippen MR) is 99.6 cm³/mol. The molecule has 3 aromatic rings. The van der Waals surface area contributed by atoms with Gasteiger partial charge in [0, 0.05) is 22.3 Å². The zero-order chi connectivity index (χ0) is 17.7. The van der Waals surface area contributed by atoms with Crippen molar-refractivity contribution in [3.63, 3.8) is 0 Å². The maximum Gasteiger partial charge on any atom is 0.272 e. The van der Waals surface area contributed by atoms with Crippen LogP contribution in [0.15, 0.2) is 30.3 Å². The number of hydrogen-bond donors (Lipinski definition) is 2. The van der Waals surface area contributed by atoms with E-state index < -0.39 is 0 Å². The minimum atomic E-state index is -0.216. The van der Waals surface area contributed by atoms with Gasteiger partial charge in [0.2, 0.25) is 0 Å². The highest BCUT2D eigenvalue weighted by atomic mass is 16.2. The third kappa shape index (κ3) is 2.37. The zero-order valence-corrected chi connectivity index (χ0v) is 14.6. The molecular formula is C21H20N2O2. The molecule has 1 aliphatic rings. The topological polar surface area (TPSA) is 62.0 Å². The lowest BCUT2D eigenvalue weighted by molar-refractivity contribution is 0.101. The van der Waals surface area contributed by atoms with Gasteiger partial charge in [-0.15, -0.1) is 0 Å². The average Bonchev–Trinajstić information content (AvgIpc) is 3.12. The Morgan fingerprint density at radius 3 is 2.44 bits per heavy atom. The van der Waals surface area contributed by atoms with Crippen molar-refractivity contribution in [3.8, 4) is 0 Å². The van der Waals surface area contributed by atoms with Crippen LogP contribution in [0.2, 0.25) is 0 Å². The molecule has 1 aliphatic carbocycles. The summed E-state index contributed by atoms with van der Waals surface area (Å²) in [6.45, 7) is 5.15. The molecule has 0 radical (unpaired) electrons. The van der Waals surface area contributed by atoms with Crippen LogP contribution in [0.4, 0.5) is 5.69 Å². The van der Waals surface area contributed by atoms with E-state index in [1.807, 2.05) is 26.0 Å². The summed E-state index contributed by atoms with van der Waals surface area (Å²) in [6, 6.07) is 10.3. The van der Waals surface area contributed by atoms with Crippen LogP contribution in [-0.4, -0.2) is 16.7 Å². The van der Waals surface area contributed by atoms with E-state index >= 15 is 0 Å². The highest BCUT2D eigenvalue weighted by molar-refractivity contribution is 6.11. The molecule has 25 heavy (non-hydrogen) atoms. The molecule has 126 valence electrons. The fraction of sp³-hybridized carbons (Fsp3) is 0.238. The van der Waals surface area contributed by atoms with Crippen LogP contribution in [0.5, 0.6) is 0 Å². The Morgan fingerprint density at radius 2 is 1.76 bits per heavy atom. The molecule has 4 rings (SSSR count). The van der Waals surface area contributed by atoms with Crippen molar-refractivity contribution in [2.75, 3.05) is 5.32 Å². The first-order valence-electron chi connectivity index (χ1n) is 8.52. The Kier molecular flexibility index (Phi) is 3.49. The van der Waals surface area contributed by atoms with Gasteiger partial charge in [-0.3, -0.25) is 9.59 Å². The summed E-state index contributed by atoms with van der Waals surface area (Å²) < 4.78 is 0. The molecule has 2 N–H and O–H groups in total. The number of nitrogens with one attached hydrogen (secondary N) is 2. The SMILES string of the molecule is CC(=O)c1c(C)[nH]c(C(=O)Nc2ccc3c4c(cccc24)CC3)c1C. The fourth-order valence-electron chi connectivity index (χ4n) is 4.05.